The van der Waals surface area contributed by atoms with E-state index in [1.807, 2.05) is 24.3 Å². The molecule has 2 aliphatic carbocycles. The normalized spacial score (nSPS) is 25.3. The first-order valence-corrected chi connectivity index (χ1v) is 11.4. The SMILES string of the molecule is Cl.O=c1[nH]c(NC2CCC2)nc(N[C@@H]2C[C@H](CO)[C@@H](O)[C@H]2O)c1-c1nc2ccccc2s1. The number of benzene rings is 1. The molecule has 3 aromatic rings. The first-order chi connectivity index (χ1) is 15.0. The van der Waals surface area contributed by atoms with Crippen LogP contribution in [-0.4, -0.2) is 61.2 Å². The summed E-state index contributed by atoms with van der Waals surface area (Å²) in [6.07, 6.45) is 1.44. The van der Waals surface area contributed by atoms with Crippen LogP contribution in [-0.2, 0) is 0 Å². The highest BCUT2D eigenvalue weighted by Crippen LogP contribution is 2.35. The minimum atomic E-state index is -1.08. The Balaban J connectivity index is 0.00000245. The summed E-state index contributed by atoms with van der Waals surface area (Å²) in [4.78, 5) is 25.1. The van der Waals surface area contributed by atoms with E-state index in [0.29, 0.717) is 28.8 Å². The molecular formula is C21H26ClN5O4S. The van der Waals surface area contributed by atoms with E-state index in [2.05, 4.69) is 25.6 Å². The lowest BCUT2D eigenvalue weighted by molar-refractivity contribution is 0.00446. The van der Waals surface area contributed by atoms with E-state index in [1.165, 1.54) is 11.3 Å². The number of H-pyrrole nitrogens is 1. The van der Waals surface area contributed by atoms with Gasteiger partial charge in [-0.3, -0.25) is 9.78 Å². The van der Waals surface area contributed by atoms with Gasteiger partial charge in [-0.05, 0) is 37.8 Å². The molecule has 9 nitrogen and oxygen atoms in total. The van der Waals surface area contributed by atoms with E-state index in [9.17, 15) is 20.1 Å². The lowest BCUT2D eigenvalue weighted by atomic mass is 9.93. The maximum atomic E-state index is 13.1. The number of anilines is 2. The fourth-order valence-electron chi connectivity index (χ4n) is 4.19. The molecule has 0 amide bonds. The van der Waals surface area contributed by atoms with Gasteiger partial charge in [-0.2, -0.15) is 4.98 Å². The fraction of sp³-hybridized carbons (Fsp3) is 0.476. The second-order valence-corrected chi connectivity index (χ2v) is 9.34. The molecule has 0 unspecified atom stereocenters. The van der Waals surface area contributed by atoms with Crippen molar-refractivity contribution in [2.45, 2.75) is 50.0 Å². The molecule has 2 heterocycles. The van der Waals surface area contributed by atoms with Crippen molar-refractivity contribution in [3.05, 3.63) is 34.6 Å². The van der Waals surface area contributed by atoms with Gasteiger partial charge in [0.1, 0.15) is 22.5 Å². The van der Waals surface area contributed by atoms with Crippen LogP contribution in [0.5, 0.6) is 0 Å². The van der Waals surface area contributed by atoms with Gasteiger partial charge in [-0.25, -0.2) is 4.98 Å². The number of halogens is 1. The molecule has 6 N–H and O–H groups in total. The number of rotatable bonds is 6. The van der Waals surface area contributed by atoms with Crippen LogP contribution in [0, 0.1) is 5.92 Å². The van der Waals surface area contributed by atoms with Gasteiger partial charge in [0.2, 0.25) is 5.95 Å². The number of aliphatic hydroxyl groups excluding tert-OH is 3. The van der Waals surface area contributed by atoms with Gasteiger partial charge in [0.15, 0.2) is 0 Å². The molecule has 5 rings (SSSR count). The van der Waals surface area contributed by atoms with E-state index in [-0.39, 0.29) is 30.6 Å². The largest absolute Gasteiger partial charge is 0.396 e. The summed E-state index contributed by atoms with van der Waals surface area (Å²) in [7, 11) is 0. The summed E-state index contributed by atoms with van der Waals surface area (Å²) < 4.78 is 0.955. The third-order valence-corrected chi connectivity index (χ3v) is 7.29. The van der Waals surface area contributed by atoms with Gasteiger partial charge in [0, 0.05) is 18.6 Å². The van der Waals surface area contributed by atoms with Crippen LogP contribution in [0.2, 0.25) is 0 Å². The van der Waals surface area contributed by atoms with Gasteiger partial charge in [-0.1, -0.05) is 12.1 Å². The molecule has 4 atom stereocenters. The Morgan fingerprint density at radius 2 is 1.91 bits per heavy atom. The smallest absolute Gasteiger partial charge is 0.264 e. The Hall–Kier alpha value is -2.24. The number of para-hydroxylation sites is 1. The summed E-state index contributed by atoms with van der Waals surface area (Å²) in [5, 5.41) is 37.1. The first-order valence-electron chi connectivity index (χ1n) is 10.5. The van der Waals surface area contributed by atoms with Crippen molar-refractivity contribution < 1.29 is 15.3 Å². The average Bonchev–Trinajstić information content (AvgIpc) is 3.26. The number of aromatic nitrogens is 3. The highest BCUT2D eigenvalue weighted by Gasteiger charge is 2.41. The summed E-state index contributed by atoms with van der Waals surface area (Å²) in [5.74, 6) is 0.237. The number of nitrogens with one attached hydrogen (secondary N) is 3. The van der Waals surface area contributed by atoms with Crippen LogP contribution in [0.4, 0.5) is 11.8 Å². The number of aliphatic hydroxyl groups is 3. The number of hydrogen-bond donors (Lipinski definition) is 6. The highest BCUT2D eigenvalue weighted by atomic mass is 35.5. The third kappa shape index (κ3) is 4.20. The zero-order valence-electron chi connectivity index (χ0n) is 17.2. The maximum Gasteiger partial charge on any atom is 0.264 e. The third-order valence-electron chi connectivity index (χ3n) is 6.23. The molecule has 0 aliphatic heterocycles. The minimum Gasteiger partial charge on any atom is -0.396 e. The average molecular weight is 480 g/mol. The van der Waals surface area contributed by atoms with Gasteiger partial charge in [-0.15, -0.1) is 23.7 Å². The van der Waals surface area contributed by atoms with Crippen molar-refractivity contribution >= 4 is 45.7 Å². The topological polar surface area (TPSA) is 143 Å². The van der Waals surface area contributed by atoms with Crippen molar-refractivity contribution in [1.82, 2.24) is 15.0 Å². The van der Waals surface area contributed by atoms with Gasteiger partial charge < -0.3 is 26.0 Å². The van der Waals surface area contributed by atoms with Gasteiger partial charge in [0.25, 0.3) is 5.56 Å². The first kappa shape index (κ1) is 22.9. The van der Waals surface area contributed by atoms with Crippen molar-refractivity contribution in [2.75, 3.05) is 17.2 Å². The number of hydrogen-bond acceptors (Lipinski definition) is 9. The standard InChI is InChI=1S/C21H25N5O4S.ClH/c27-9-10-8-13(17(29)16(10)28)23-18-15(20-24-12-6-1-2-7-14(12)31-20)19(30)26-21(25-18)22-11-4-3-5-11;/h1-2,6-7,10-11,13,16-17,27-29H,3-5,8-9H2,(H3,22,23,25,26,30);1H/t10-,13-,16-,17+;/m1./s1. The van der Waals surface area contributed by atoms with Crippen LogP contribution in [0.15, 0.2) is 29.1 Å². The molecule has 0 spiro atoms. The van der Waals surface area contributed by atoms with E-state index in [0.717, 1.165) is 29.5 Å². The Bertz CT molecular complexity index is 1120. The fourth-order valence-corrected chi connectivity index (χ4v) is 5.20. The maximum absolute atomic E-state index is 13.1. The Labute approximate surface area is 194 Å². The van der Waals surface area contributed by atoms with E-state index < -0.39 is 24.2 Å². The summed E-state index contributed by atoms with van der Waals surface area (Å²) >= 11 is 1.40. The summed E-state index contributed by atoms with van der Waals surface area (Å²) in [5.41, 5.74) is 0.765. The molecule has 0 bridgehead atoms. The number of aromatic amines is 1. The lowest BCUT2D eigenvalue weighted by Gasteiger charge is -2.27. The molecule has 0 saturated heterocycles. The van der Waals surface area contributed by atoms with Crippen LogP contribution in [0.25, 0.3) is 20.8 Å². The number of thiazole rings is 1. The Morgan fingerprint density at radius 3 is 2.56 bits per heavy atom. The predicted molar refractivity (Wildman–Crippen MR) is 127 cm³/mol. The molecule has 2 saturated carbocycles. The molecule has 172 valence electrons. The van der Waals surface area contributed by atoms with Crippen molar-refractivity contribution in [3.8, 4) is 10.6 Å². The molecular weight excluding hydrogens is 454 g/mol. The van der Waals surface area contributed by atoms with E-state index in [4.69, 9.17) is 0 Å². The van der Waals surface area contributed by atoms with E-state index >= 15 is 0 Å². The molecule has 0 radical (unpaired) electrons. The lowest BCUT2D eigenvalue weighted by Crippen LogP contribution is -2.36. The zero-order valence-corrected chi connectivity index (χ0v) is 18.8. The molecule has 1 aromatic carbocycles. The number of nitrogens with zero attached hydrogens (tertiary/aromatic N) is 2. The zero-order chi connectivity index (χ0) is 21.5. The van der Waals surface area contributed by atoms with Crippen LogP contribution in [0.1, 0.15) is 25.7 Å². The molecule has 32 heavy (non-hydrogen) atoms. The summed E-state index contributed by atoms with van der Waals surface area (Å²) in [6, 6.07) is 7.38. The van der Waals surface area contributed by atoms with Gasteiger partial charge >= 0.3 is 0 Å². The second-order valence-electron chi connectivity index (χ2n) is 8.31. The quantitative estimate of drug-likeness (QED) is 0.315. The van der Waals surface area contributed by atoms with Crippen molar-refractivity contribution in [1.29, 1.82) is 0 Å². The molecule has 2 aromatic heterocycles. The minimum absolute atomic E-state index is 0. The van der Waals surface area contributed by atoms with Gasteiger partial charge in [0.05, 0.1) is 22.4 Å². The second kappa shape index (κ2) is 9.32. The predicted octanol–water partition coefficient (Wildman–Crippen LogP) is 1.95. The molecule has 2 aliphatic rings. The van der Waals surface area contributed by atoms with Crippen molar-refractivity contribution in [3.63, 3.8) is 0 Å². The van der Waals surface area contributed by atoms with Crippen LogP contribution < -0.4 is 16.2 Å². The monoisotopic (exact) mass is 479 g/mol. The molecule has 11 heteroatoms. The Kier molecular flexibility index (Phi) is 6.68. The number of fused-ring (bicyclic) bond motifs is 1. The van der Waals surface area contributed by atoms with E-state index in [1.54, 1.807) is 0 Å². The molecule has 2 fully saturated rings. The summed E-state index contributed by atoms with van der Waals surface area (Å²) in [6.45, 7) is -0.224. The Morgan fingerprint density at radius 1 is 1.12 bits per heavy atom. The van der Waals surface area contributed by atoms with Crippen molar-refractivity contribution in [2.24, 2.45) is 5.92 Å². The van der Waals surface area contributed by atoms with Crippen LogP contribution in [0.3, 0.4) is 0 Å². The highest BCUT2D eigenvalue weighted by molar-refractivity contribution is 7.21. The van der Waals surface area contributed by atoms with Crippen LogP contribution >= 0.6 is 23.7 Å².